The van der Waals surface area contributed by atoms with Crippen molar-refractivity contribution in [2.45, 2.75) is 37.2 Å². The van der Waals surface area contributed by atoms with Crippen molar-refractivity contribution in [3.63, 3.8) is 0 Å². The largest absolute Gasteiger partial charge is 0.354 e. The molecule has 33 heavy (non-hydrogen) atoms. The number of rotatable bonds is 11. The first-order valence-electron chi connectivity index (χ1n) is 11.1. The van der Waals surface area contributed by atoms with E-state index in [0.29, 0.717) is 24.5 Å². The summed E-state index contributed by atoms with van der Waals surface area (Å²) in [5.41, 5.74) is 2.01. The van der Waals surface area contributed by atoms with Gasteiger partial charge >= 0.3 is 0 Å². The third-order valence-electron chi connectivity index (χ3n) is 5.19. The summed E-state index contributed by atoms with van der Waals surface area (Å²) >= 11 is 7.43. The number of carbonyl (C=O) groups excluding carboxylic acids is 2. The average Bonchev–Trinajstić information content (AvgIpc) is 2.85. The highest BCUT2D eigenvalue weighted by atomic mass is 35.5. The summed E-state index contributed by atoms with van der Waals surface area (Å²) in [6.07, 6.45) is 1.30. The zero-order valence-electron chi connectivity index (χ0n) is 18.7. The third-order valence-corrected chi connectivity index (χ3v) is 6.44. The zero-order valence-corrected chi connectivity index (χ0v) is 20.3. The van der Waals surface area contributed by atoms with Gasteiger partial charge in [-0.15, -0.1) is 11.8 Å². The van der Waals surface area contributed by atoms with Crippen molar-refractivity contribution in [2.75, 3.05) is 12.3 Å². The molecular weight excluding hydrogens is 452 g/mol. The fourth-order valence-corrected chi connectivity index (χ4v) is 4.37. The second kappa shape index (κ2) is 13.1. The van der Waals surface area contributed by atoms with Gasteiger partial charge in [-0.2, -0.15) is 0 Å². The van der Waals surface area contributed by atoms with E-state index in [2.05, 4.69) is 5.32 Å². The first-order chi connectivity index (χ1) is 16.1. The summed E-state index contributed by atoms with van der Waals surface area (Å²) in [6, 6.07) is 26.5. The van der Waals surface area contributed by atoms with Crippen LogP contribution in [-0.4, -0.2) is 35.1 Å². The molecule has 0 saturated heterocycles. The van der Waals surface area contributed by atoms with E-state index >= 15 is 0 Å². The summed E-state index contributed by atoms with van der Waals surface area (Å²) in [4.78, 5) is 29.4. The number of benzene rings is 3. The number of nitrogens with zero attached hydrogens (tertiary/aromatic N) is 1. The smallest absolute Gasteiger partial charge is 0.243 e. The quantitative estimate of drug-likeness (QED) is 0.363. The average molecular weight is 481 g/mol. The Balaban J connectivity index is 1.85. The van der Waals surface area contributed by atoms with Crippen molar-refractivity contribution in [1.82, 2.24) is 10.2 Å². The Kier molecular flexibility index (Phi) is 9.85. The molecule has 0 saturated carbocycles. The number of carbonyl (C=O) groups is 2. The highest BCUT2D eigenvalue weighted by molar-refractivity contribution is 8.00. The van der Waals surface area contributed by atoms with Crippen LogP contribution in [0.15, 0.2) is 89.8 Å². The van der Waals surface area contributed by atoms with Gasteiger partial charge in [0.25, 0.3) is 0 Å². The zero-order chi connectivity index (χ0) is 23.5. The van der Waals surface area contributed by atoms with Crippen LogP contribution in [0.3, 0.4) is 0 Å². The number of nitrogens with one attached hydrogen (secondary N) is 1. The van der Waals surface area contributed by atoms with Gasteiger partial charge in [0.1, 0.15) is 6.04 Å². The van der Waals surface area contributed by atoms with Crippen molar-refractivity contribution in [1.29, 1.82) is 0 Å². The Labute approximate surface area is 205 Å². The lowest BCUT2D eigenvalue weighted by Crippen LogP contribution is -2.51. The molecule has 3 aromatic carbocycles. The number of hydrogen-bond acceptors (Lipinski definition) is 3. The van der Waals surface area contributed by atoms with Crippen LogP contribution in [0.4, 0.5) is 0 Å². The summed E-state index contributed by atoms with van der Waals surface area (Å²) < 4.78 is 0. The molecule has 1 N–H and O–H groups in total. The van der Waals surface area contributed by atoms with Crippen molar-refractivity contribution in [3.8, 4) is 0 Å². The van der Waals surface area contributed by atoms with Gasteiger partial charge in [-0.25, -0.2) is 0 Å². The molecule has 3 aromatic rings. The lowest BCUT2D eigenvalue weighted by Gasteiger charge is -2.31. The van der Waals surface area contributed by atoms with Gasteiger partial charge in [0.2, 0.25) is 11.8 Å². The molecule has 0 radical (unpaired) electrons. The predicted octanol–water partition coefficient (Wildman–Crippen LogP) is 5.60. The minimum Gasteiger partial charge on any atom is -0.354 e. The van der Waals surface area contributed by atoms with E-state index in [1.54, 1.807) is 4.90 Å². The molecule has 0 spiro atoms. The Morgan fingerprint density at radius 3 is 2.12 bits per heavy atom. The second-order valence-corrected chi connectivity index (χ2v) is 9.23. The molecule has 6 heteroatoms. The molecule has 172 valence electrons. The van der Waals surface area contributed by atoms with Crippen LogP contribution < -0.4 is 5.32 Å². The standard InChI is InChI=1S/C27H29ClN2O2S/c1-2-17-29-27(32)25(18-21-9-5-3-6-10-21)30(19-22-11-7-4-8-12-22)26(31)20-33-24-15-13-23(28)14-16-24/h3-16,25H,2,17-20H2,1H3,(H,29,32)/t25-/m1/s1. The van der Waals surface area contributed by atoms with E-state index in [0.717, 1.165) is 22.4 Å². The molecule has 0 fully saturated rings. The van der Waals surface area contributed by atoms with Gasteiger partial charge in [0.15, 0.2) is 0 Å². The number of halogens is 1. The molecule has 1 atom stereocenters. The van der Waals surface area contributed by atoms with E-state index < -0.39 is 6.04 Å². The predicted molar refractivity (Wildman–Crippen MR) is 136 cm³/mol. The van der Waals surface area contributed by atoms with Crippen LogP contribution in [0.1, 0.15) is 24.5 Å². The van der Waals surface area contributed by atoms with Crippen LogP contribution in [0.25, 0.3) is 0 Å². The minimum absolute atomic E-state index is 0.0774. The van der Waals surface area contributed by atoms with Crippen molar-refractivity contribution < 1.29 is 9.59 Å². The van der Waals surface area contributed by atoms with Crippen molar-refractivity contribution >= 4 is 35.2 Å². The monoisotopic (exact) mass is 480 g/mol. The van der Waals surface area contributed by atoms with Gasteiger partial charge in [-0.3, -0.25) is 9.59 Å². The number of hydrogen-bond donors (Lipinski definition) is 1. The SMILES string of the molecule is CCCNC(=O)[C@@H](Cc1ccccc1)N(Cc1ccccc1)C(=O)CSc1ccc(Cl)cc1. The van der Waals surface area contributed by atoms with E-state index in [9.17, 15) is 9.59 Å². The van der Waals surface area contributed by atoms with Gasteiger partial charge < -0.3 is 10.2 Å². The molecule has 3 rings (SSSR count). The third kappa shape index (κ3) is 7.95. The first-order valence-corrected chi connectivity index (χ1v) is 12.5. The highest BCUT2D eigenvalue weighted by Gasteiger charge is 2.30. The van der Waals surface area contributed by atoms with E-state index in [-0.39, 0.29) is 17.6 Å². The first kappa shape index (κ1) is 24.9. The van der Waals surface area contributed by atoms with E-state index in [4.69, 9.17) is 11.6 Å². The molecule has 0 aliphatic carbocycles. The topological polar surface area (TPSA) is 49.4 Å². The molecule has 0 unspecified atom stereocenters. The molecule has 0 heterocycles. The molecule has 0 bridgehead atoms. The molecule has 2 amide bonds. The molecule has 0 aliphatic rings. The maximum absolute atomic E-state index is 13.5. The fraction of sp³-hybridized carbons (Fsp3) is 0.259. The lowest BCUT2D eigenvalue weighted by molar-refractivity contribution is -0.139. The number of thioether (sulfide) groups is 1. The molecule has 0 aromatic heterocycles. The van der Waals surface area contributed by atoms with E-state index in [1.165, 1.54) is 11.8 Å². The summed E-state index contributed by atoms with van der Waals surface area (Å²) in [5, 5.41) is 3.66. The van der Waals surface area contributed by atoms with Gasteiger partial charge in [0, 0.05) is 29.4 Å². The molecular formula is C27H29ClN2O2S. The summed E-state index contributed by atoms with van der Waals surface area (Å²) in [6.45, 7) is 2.97. The van der Waals surface area contributed by atoms with Crippen LogP contribution in [0.5, 0.6) is 0 Å². The Morgan fingerprint density at radius 2 is 1.52 bits per heavy atom. The van der Waals surface area contributed by atoms with Gasteiger partial charge in [0.05, 0.1) is 5.75 Å². The molecule has 4 nitrogen and oxygen atoms in total. The van der Waals surface area contributed by atoms with Gasteiger partial charge in [-0.05, 0) is 41.8 Å². The Morgan fingerprint density at radius 1 is 0.909 bits per heavy atom. The van der Waals surface area contributed by atoms with Crippen molar-refractivity contribution in [3.05, 3.63) is 101 Å². The lowest BCUT2D eigenvalue weighted by atomic mass is 10.0. The van der Waals surface area contributed by atoms with Crippen molar-refractivity contribution in [2.24, 2.45) is 0 Å². The highest BCUT2D eigenvalue weighted by Crippen LogP contribution is 2.22. The van der Waals surface area contributed by atoms with Gasteiger partial charge in [-0.1, -0.05) is 79.2 Å². The van der Waals surface area contributed by atoms with Crippen LogP contribution in [-0.2, 0) is 22.6 Å². The molecule has 0 aliphatic heterocycles. The maximum atomic E-state index is 13.5. The minimum atomic E-state index is -0.600. The second-order valence-electron chi connectivity index (χ2n) is 7.75. The maximum Gasteiger partial charge on any atom is 0.243 e. The Bertz CT molecular complexity index is 1010. The van der Waals surface area contributed by atoms with Crippen LogP contribution in [0, 0.1) is 0 Å². The van der Waals surface area contributed by atoms with Crippen LogP contribution >= 0.6 is 23.4 Å². The van der Waals surface area contributed by atoms with E-state index in [1.807, 2.05) is 91.9 Å². The van der Waals surface area contributed by atoms with Crippen LogP contribution in [0.2, 0.25) is 5.02 Å². The number of amides is 2. The summed E-state index contributed by atoms with van der Waals surface area (Å²) in [7, 11) is 0. The Hall–Kier alpha value is -2.76. The normalized spacial score (nSPS) is 11.6. The fourth-order valence-electron chi connectivity index (χ4n) is 3.46. The summed E-state index contributed by atoms with van der Waals surface area (Å²) in [5.74, 6) is 0.0359.